The van der Waals surface area contributed by atoms with Crippen molar-refractivity contribution in [1.29, 1.82) is 0 Å². The van der Waals surface area contributed by atoms with Crippen LogP contribution in [0.25, 0.3) is 0 Å². The topological polar surface area (TPSA) is 63.4 Å². The van der Waals surface area contributed by atoms with Gasteiger partial charge in [0.25, 0.3) is 5.69 Å². The third-order valence-corrected chi connectivity index (χ3v) is 2.13. The molecule has 0 aliphatic carbocycles. The molecule has 4 nitrogen and oxygen atoms in total. The predicted molar refractivity (Wildman–Crippen MR) is 48.8 cm³/mol. The fraction of sp³-hybridized carbons (Fsp3) is 0.250. The zero-order chi connectivity index (χ0) is 10.0. The summed E-state index contributed by atoms with van der Waals surface area (Å²) in [5, 5.41) is 19.7. The van der Waals surface area contributed by atoms with Gasteiger partial charge in [-0.1, -0.05) is 11.6 Å². The zero-order valence-corrected chi connectivity index (χ0v) is 7.71. The molecule has 13 heavy (non-hydrogen) atoms. The summed E-state index contributed by atoms with van der Waals surface area (Å²) in [5.41, 5.74) is 0.774. The van der Waals surface area contributed by atoms with Gasteiger partial charge in [0.1, 0.15) is 0 Å². The number of aryl methyl sites for hydroxylation is 1. The minimum Gasteiger partial charge on any atom is -0.391 e. The van der Waals surface area contributed by atoms with E-state index in [2.05, 4.69) is 0 Å². The molecule has 0 unspecified atom stereocenters. The molecule has 1 aromatic carbocycles. The number of rotatable bonds is 2. The van der Waals surface area contributed by atoms with E-state index in [9.17, 15) is 10.1 Å². The Morgan fingerprint density at radius 3 is 2.69 bits per heavy atom. The monoisotopic (exact) mass is 201 g/mol. The Morgan fingerprint density at radius 1 is 1.62 bits per heavy atom. The molecule has 1 N–H and O–H groups in total. The van der Waals surface area contributed by atoms with E-state index in [4.69, 9.17) is 16.7 Å². The molecule has 0 aliphatic heterocycles. The molecule has 5 heteroatoms. The summed E-state index contributed by atoms with van der Waals surface area (Å²) in [6.07, 6.45) is 0. The number of halogens is 1. The Balaban J connectivity index is 3.33. The van der Waals surface area contributed by atoms with Gasteiger partial charge in [-0.25, -0.2) is 0 Å². The fourth-order valence-electron chi connectivity index (χ4n) is 1.00. The Morgan fingerprint density at radius 2 is 2.23 bits per heavy atom. The quantitative estimate of drug-likeness (QED) is 0.588. The van der Waals surface area contributed by atoms with Crippen molar-refractivity contribution in [2.75, 3.05) is 0 Å². The SMILES string of the molecule is Cc1cc([N+](=O)[O-])c(CO)cc1Cl. The molecule has 0 saturated carbocycles. The van der Waals surface area contributed by atoms with E-state index in [0.29, 0.717) is 10.6 Å². The number of aliphatic hydroxyl groups excluding tert-OH is 1. The lowest BCUT2D eigenvalue weighted by atomic mass is 10.1. The Kier molecular flexibility index (Phi) is 2.85. The van der Waals surface area contributed by atoms with E-state index in [1.807, 2.05) is 0 Å². The average molecular weight is 202 g/mol. The number of hydrogen-bond donors (Lipinski definition) is 1. The van der Waals surface area contributed by atoms with Crippen LogP contribution in [0.3, 0.4) is 0 Å². The fourth-order valence-corrected chi connectivity index (χ4v) is 1.19. The van der Waals surface area contributed by atoms with Crippen LogP contribution in [0, 0.1) is 17.0 Å². The van der Waals surface area contributed by atoms with Crippen LogP contribution in [0.2, 0.25) is 5.02 Å². The first-order chi connectivity index (χ1) is 6.06. The smallest absolute Gasteiger partial charge is 0.275 e. The van der Waals surface area contributed by atoms with E-state index in [1.165, 1.54) is 12.1 Å². The van der Waals surface area contributed by atoms with E-state index >= 15 is 0 Å². The summed E-state index contributed by atoms with van der Waals surface area (Å²) >= 11 is 5.74. The number of nitro groups is 1. The van der Waals surface area contributed by atoms with E-state index in [0.717, 1.165) is 0 Å². The number of hydrogen-bond acceptors (Lipinski definition) is 3. The summed E-state index contributed by atoms with van der Waals surface area (Å²) in [7, 11) is 0. The first kappa shape index (κ1) is 9.95. The summed E-state index contributed by atoms with van der Waals surface area (Å²) in [6, 6.07) is 2.77. The second kappa shape index (κ2) is 3.72. The van der Waals surface area contributed by atoms with Crippen molar-refractivity contribution >= 4 is 17.3 Å². The van der Waals surface area contributed by atoms with Crippen LogP contribution in [0.15, 0.2) is 12.1 Å². The van der Waals surface area contributed by atoms with Crippen LogP contribution >= 0.6 is 11.6 Å². The van der Waals surface area contributed by atoms with Crippen molar-refractivity contribution in [3.05, 3.63) is 38.4 Å². The van der Waals surface area contributed by atoms with Crippen LogP contribution in [0.1, 0.15) is 11.1 Å². The largest absolute Gasteiger partial charge is 0.391 e. The van der Waals surface area contributed by atoms with Crippen LogP contribution < -0.4 is 0 Å². The van der Waals surface area contributed by atoms with Gasteiger partial charge in [0, 0.05) is 11.1 Å². The maximum absolute atomic E-state index is 10.5. The molecule has 1 rings (SSSR count). The lowest BCUT2D eigenvalue weighted by Gasteiger charge is -2.02. The van der Waals surface area contributed by atoms with Crippen molar-refractivity contribution < 1.29 is 10.0 Å². The van der Waals surface area contributed by atoms with Crippen molar-refractivity contribution in [3.63, 3.8) is 0 Å². The highest BCUT2D eigenvalue weighted by Crippen LogP contribution is 2.26. The summed E-state index contributed by atoms with van der Waals surface area (Å²) < 4.78 is 0. The molecule has 0 amide bonds. The van der Waals surface area contributed by atoms with Gasteiger partial charge < -0.3 is 5.11 Å². The maximum atomic E-state index is 10.5. The van der Waals surface area contributed by atoms with E-state index in [1.54, 1.807) is 6.92 Å². The Hall–Kier alpha value is -1.13. The molecule has 0 atom stereocenters. The molecule has 0 saturated heterocycles. The van der Waals surface area contributed by atoms with Crippen LogP contribution in [0.4, 0.5) is 5.69 Å². The van der Waals surface area contributed by atoms with Gasteiger partial charge in [-0.05, 0) is 18.6 Å². The first-order valence-corrected chi connectivity index (χ1v) is 3.98. The molecule has 1 aromatic rings. The first-order valence-electron chi connectivity index (χ1n) is 3.60. The second-order valence-electron chi connectivity index (χ2n) is 2.65. The normalized spacial score (nSPS) is 10.1. The highest BCUT2D eigenvalue weighted by Gasteiger charge is 2.14. The molecule has 0 radical (unpaired) electrons. The van der Waals surface area contributed by atoms with Crippen LogP contribution in [-0.4, -0.2) is 10.0 Å². The van der Waals surface area contributed by atoms with Gasteiger partial charge in [-0.3, -0.25) is 10.1 Å². The van der Waals surface area contributed by atoms with Gasteiger partial charge in [-0.2, -0.15) is 0 Å². The maximum Gasteiger partial charge on any atom is 0.275 e. The second-order valence-corrected chi connectivity index (χ2v) is 3.05. The van der Waals surface area contributed by atoms with Gasteiger partial charge in [0.2, 0.25) is 0 Å². The molecular weight excluding hydrogens is 194 g/mol. The standard InChI is InChI=1S/C8H8ClNO3/c1-5-2-8(10(12)13)6(4-11)3-7(5)9/h2-3,11H,4H2,1H3. The highest BCUT2D eigenvalue weighted by atomic mass is 35.5. The molecular formula is C8H8ClNO3. The minimum absolute atomic E-state index is 0.0931. The third kappa shape index (κ3) is 1.96. The van der Waals surface area contributed by atoms with Crippen LogP contribution in [-0.2, 0) is 6.61 Å². The lowest BCUT2D eigenvalue weighted by Crippen LogP contribution is -1.96. The van der Waals surface area contributed by atoms with Gasteiger partial charge in [0.15, 0.2) is 0 Å². The highest BCUT2D eigenvalue weighted by molar-refractivity contribution is 6.31. The number of benzene rings is 1. The van der Waals surface area contributed by atoms with Gasteiger partial charge in [0.05, 0.1) is 17.1 Å². The number of nitrogens with zero attached hydrogens (tertiary/aromatic N) is 1. The third-order valence-electron chi connectivity index (χ3n) is 1.73. The Bertz CT molecular complexity index is 351. The minimum atomic E-state index is -0.533. The molecule has 70 valence electrons. The van der Waals surface area contributed by atoms with Crippen molar-refractivity contribution in [2.45, 2.75) is 13.5 Å². The molecule has 0 bridgehead atoms. The number of aliphatic hydroxyl groups is 1. The lowest BCUT2D eigenvalue weighted by molar-refractivity contribution is -0.385. The summed E-state index contributed by atoms with van der Waals surface area (Å²) in [6.45, 7) is 1.30. The van der Waals surface area contributed by atoms with Crippen molar-refractivity contribution in [3.8, 4) is 0 Å². The van der Waals surface area contributed by atoms with Gasteiger partial charge in [-0.15, -0.1) is 0 Å². The molecule has 0 aromatic heterocycles. The van der Waals surface area contributed by atoms with E-state index in [-0.39, 0.29) is 17.9 Å². The molecule has 0 fully saturated rings. The molecule has 0 aliphatic rings. The zero-order valence-electron chi connectivity index (χ0n) is 6.95. The Labute approximate surface area is 79.9 Å². The molecule has 0 spiro atoms. The number of nitro benzene ring substituents is 1. The van der Waals surface area contributed by atoms with Crippen molar-refractivity contribution in [1.82, 2.24) is 0 Å². The van der Waals surface area contributed by atoms with Crippen LogP contribution in [0.5, 0.6) is 0 Å². The average Bonchev–Trinajstić information content (AvgIpc) is 2.08. The van der Waals surface area contributed by atoms with Gasteiger partial charge >= 0.3 is 0 Å². The summed E-state index contributed by atoms with van der Waals surface area (Å²) in [5.74, 6) is 0. The predicted octanol–water partition coefficient (Wildman–Crippen LogP) is 2.05. The molecule has 0 heterocycles. The van der Waals surface area contributed by atoms with E-state index < -0.39 is 4.92 Å². The summed E-state index contributed by atoms with van der Waals surface area (Å²) in [4.78, 5) is 9.96. The van der Waals surface area contributed by atoms with Crippen molar-refractivity contribution in [2.24, 2.45) is 0 Å².